The second kappa shape index (κ2) is 6.20. The van der Waals surface area contributed by atoms with Gasteiger partial charge in [-0.3, -0.25) is 0 Å². The SMILES string of the molecule is O[C@H]1CC[C@H](Nc2ccc3ncc(-c4cccc(F)c4)n3n2)CC1. The molecule has 0 amide bonds. The minimum atomic E-state index is -0.280. The third kappa shape index (κ3) is 2.97. The fourth-order valence-electron chi connectivity index (χ4n) is 3.22. The molecule has 5 nitrogen and oxygen atoms in total. The molecular weight excluding hydrogens is 307 g/mol. The van der Waals surface area contributed by atoms with Crippen LogP contribution in [0, 0.1) is 5.82 Å². The van der Waals surface area contributed by atoms with Gasteiger partial charge in [0.05, 0.1) is 18.0 Å². The van der Waals surface area contributed by atoms with E-state index in [0.717, 1.165) is 48.4 Å². The normalized spacial score (nSPS) is 21.1. The van der Waals surface area contributed by atoms with Crippen molar-refractivity contribution in [2.75, 3.05) is 5.32 Å². The van der Waals surface area contributed by atoms with Crippen molar-refractivity contribution in [1.82, 2.24) is 14.6 Å². The van der Waals surface area contributed by atoms with Gasteiger partial charge in [-0.15, -0.1) is 5.10 Å². The quantitative estimate of drug-likeness (QED) is 0.775. The Morgan fingerprint density at radius 1 is 1.12 bits per heavy atom. The summed E-state index contributed by atoms with van der Waals surface area (Å²) < 4.78 is 15.2. The van der Waals surface area contributed by atoms with Crippen molar-refractivity contribution in [2.45, 2.75) is 37.8 Å². The van der Waals surface area contributed by atoms with Crippen LogP contribution in [0.3, 0.4) is 0 Å². The first-order valence-electron chi connectivity index (χ1n) is 8.24. The first kappa shape index (κ1) is 15.1. The van der Waals surface area contributed by atoms with Gasteiger partial charge < -0.3 is 10.4 Å². The summed E-state index contributed by atoms with van der Waals surface area (Å²) in [5.41, 5.74) is 2.22. The number of aromatic nitrogens is 3. The molecule has 2 aromatic heterocycles. The summed E-state index contributed by atoms with van der Waals surface area (Å²) in [6, 6.07) is 10.5. The average Bonchev–Trinajstić information content (AvgIpc) is 3.00. The highest BCUT2D eigenvalue weighted by molar-refractivity contribution is 5.63. The highest BCUT2D eigenvalue weighted by Gasteiger charge is 2.19. The highest BCUT2D eigenvalue weighted by Crippen LogP contribution is 2.24. The zero-order valence-electron chi connectivity index (χ0n) is 13.2. The number of benzene rings is 1. The Morgan fingerprint density at radius 2 is 1.96 bits per heavy atom. The van der Waals surface area contributed by atoms with Crippen molar-refractivity contribution < 1.29 is 9.50 Å². The second-order valence-corrected chi connectivity index (χ2v) is 6.29. The number of halogens is 1. The molecule has 0 atom stereocenters. The fraction of sp³-hybridized carbons (Fsp3) is 0.333. The van der Waals surface area contributed by atoms with Gasteiger partial charge in [0.1, 0.15) is 11.6 Å². The summed E-state index contributed by atoms with van der Waals surface area (Å²) >= 11 is 0. The monoisotopic (exact) mass is 326 g/mol. The van der Waals surface area contributed by atoms with E-state index in [1.807, 2.05) is 18.2 Å². The van der Waals surface area contributed by atoms with Crippen molar-refractivity contribution in [3.8, 4) is 11.3 Å². The van der Waals surface area contributed by atoms with Crippen LogP contribution in [0.2, 0.25) is 0 Å². The first-order valence-corrected chi connectivity index (χ1v) is 8.24. The van der Waals surface area contributed by atoms with E-state index in [9.17, 15) is 9.50 Å². The van der Waals surface area contributed by atoms with E-state index in [0.29, 0.717) is 6.04 Å². The molecule has 1 saturated carbocycles. The van der Waals surface area contributed by atoms with Gasteiger partial charge in [-0.25, -0.2) is 13.9 Å². The molecule has 24 heavy (non-hydrogen) atoms. The van der Waals surface area contributed by atoms with Gasteiger partial charge in [0.15, 0.2) is 5.65 Å². The lowest BCUT2D eigenvalue weighted by Gasteiger charge is -2.26. The van der Waals surface area contributed by atoms with Crippen molar-refractivity contribution in [1.29, 1.82) is 0 Å². The van der Waals surface area contributed by atoms with Crippen LogP contribution in [0.5, 0.6) is 0 Å². The van der Waals surface area contributed by atoms with Crippen LogP contribution in [0.25, 0.3) is 16.9 Å². The number of nitrogens with zero attached hydrogens (tertiary/aromatic N) is 3. The minimum absolute atomic E-state index is 0.174. The van der Waals surface area contributed by atoms with Gasteiger partial charge in [-0.05, 0) is 49.9 Å². The molecule has 1 aliphatic carbocycles. The number of aliphatic hydroxyl groups excluding tert-OH is 1. The Labute approximate surface area is 139 Å². The third-order valence-electron chi connectivity index (χ3n) is 4.53. The number of anilines is 1. The largest absolute Gasteiger partial charge is 0.393 e. The smallest absolute Gasteiger partial charge is 0.154 e. The molecule has 6 heteroatoms. The maximum atomic E-state index is 13.5. The molecule has 3 aromatic rings. The molecule has 0 bridgehead atoms. The van der Waals surface area contributed by atoms with Gasteiger partial charge in [-0.2, -0.15) is 0 Å². The summed E-state index contributed by atoms with van der Waals surface area (Å²) in [7, 11) is 0. The second-order valence-electron chi connectivity index (χ2n) is 6.29. The first-order chi connectivity index (χ1) is 11.7. The third-order valence-corrected chi connectivity index (χ3v) is 4.53. The van der Waals surface area contributed by atoms with Crippen LogP contribution in [0.4, 0.5) is 10.2 Å². The van der Waals surface area contributed by atoms with Gasteiger partial charge in [0.25, 0.3) is 0 Å². The molecule has 1 aromatic carbocycles. The van der Waals surface area contributed by atoms with E-state index in [-0.39, 0.29) is 11.9 Å². The van der Waals surface area contributed by atoms with Crippen LogP contribution in [0.1, 0.15) is 25.7 Å². The van der Waals surface area contributed by atoms with Gasteiger partial charge in [-0.1, -0.05) is 12.1 Å². The van der Waals surface area contributed by atoms with E-state index < -0.39 is 0 Å². The minimum Gasteiger partial charge on any atom is -0.393 e. The average molecular weight is 326 g/mol. The molecule has 1 fully saturated rings. The summed E-state index contributed by atoms with van der Waals surface area (Å²) in [4.78, 5) is 4.34. The van der Waals surface area contributed by atoms with Gasteiger partial charge >= 0.3 is 0 Å². The molecule has 0 saturated heterocycles. The Balaban J connectivity index is 1.63. The number of hydrogen-bond acceptors (Lipinski definition) is 4. The number of rotatable bonds is 3. The Hall–Kier alpha value is -2.47. The summed E-state index contributed by atoms with van der Waals surface area (Å²) in [5, 5.41) is 17.6. The summed E-state index contributed by atoms with van der Waals surface area (Å²) in [5.74, 6) is 0.483. The van der Waals surface area contributed by atoms with E-state index in [2.05, 4.69) is 15.4 Å². The van der Waals surface area contributed by atoms with Gasteiger partial charge in [0, 0.05) is 11.6 Å². The fourth-order valence-corrected chi connectivity index (χ4v) is 3.22. The van der Waals surface area contributed by atoms with E-state index >= 15 is 0 Å². The van der Waals surface area contributed by atoms with E-state index in [4.69, 9.17) is 0 Å². The van der Waals surface area contributed by atoms with Crippen LogP contribution < -0.4 is 5.32 Å². The Bertz CT molecular complexity index is 855. The molecule has 0 unspecified atom stereocenters. The van der Waals surface area contributed by atoms with Crippen molar-refractivity contribution in [2.24, 2.45) is 0 Å². The van der Waals surface area contributed by atoms with Crippen LogP contribution >= 0.6 is 0 Å². The topological polar surface area (TPSA) is 62.5 Å². The summed E-state index contributed by atoms with van der Waals surface area (Å²) in [6.07, 6.45) is 5.03. The number of nitrogens with one attached hydrogen (secondary N) is 1. The summed E-state index contributed by atoms with van der Waals surface area (Å²) in [6.45, 7) is 0. The molecular formula is C18H19FN4O. The highest BCUT2D eigenvalue weighted by atomic mass is 19.1. The molecule has 2 N–H and O–H groups in total. The number of hydrogen-bond donors (Lipinski definition) is 2. The lowest BCUT2D eigenvalue weighted by molar-refractivity contribution is 0.126. The molecule has 0 radical (unpaired) electrons. The molecule has 0 spiro atoms. The molecule has 4 rings (SSSR count). The molecule has 2 heterocycles. The maximum absolute atomic E-state index is 13.5. The number of aliphatic hydroxyl groups is 1. The molecule has 0 aliphatic heterocycles. The van der Waals surface area contributed by atoms with Crippen LogP contribution in [-0.2, 0) is 0 Å². The zero-order chi connectivity index (χ0) is 16.5. The maximum Gasteiger partial charge on any atom is 0.154 e. The standard InChI is InChI=1S/C18H19FN4O/c19-13-3-1-2-12(10-13)16-11-20-18-9-8-17(22-23(16)18)21-14-4-6-15(24)7-5-14/h1-3,8-11,14-15,24H,4-7H2,(H,21,22)/t14-,15-. The zero-order valence-corrected chi connectivity index (χ0v) is 13.2. The number of fused-ring (bicyclic) bond motifs is 1. The van der Waals surface area contributed by atoms with Crippen molar-refractivity contribution in [3.63, 3.8) is 0 Å². The predicted molar refractivity (Wildman–Crippen MR) is 90.3 cm³/mol. The van der Waals surface area contributed by atoms with E-state index in [1.165, 1.54) is 12.1 Å². The molecule has 1 aliphatic rings. The Morgan fingerprint density at radius 3 is 2.75 bits per heavy atom. The lowest BCUT2D eigenvalue weighted by atomic mass is 9.93. The van der Waals surface area contributed by atoms with Crippen LogP contribution in [-0.4, -0.2) is 31.9 Å². The lowest BCUT2D eigenvalue weighted by Crippen LogP contribution is -2.28. The Kier molecular flexibility index (Phi) is 3.90. The van der Waals surface area contributed by atoms with Crippen molar-refractivity contribution >= 4 is 11.5 Å². The van der Waals surface area contributed by atoms with Gasteiger partial charge in [0.2, 0.25) is 0 Å². The predicted octanol–water partition coefficient (Wildman–Crippen LogP) is 3.25. The molecule has 124 valence electrons. The van der Waals surface area contributed by atoms with Crippen LogP contribution in [0.15, 0.2) is 42.6 Å². The number of imidazole rings is 1. The van der Waals surface area contributed by atoms with Crippen molar-refractivity contribution in [3.05, 3.63) is 48.4 Å². The van der Waals surface area contributed by atoms with E-state index in [1.54, 1.807) is 16.8 Å².